The van der Waals surface area contributed by atoms with Gasteiger partial charge in [0.2, 0.25) is 0 Å². The maximum absolute atomic E-state index is 12.1. The standard InChI is InChI=1S/C15H19NO2/c17-11-14(12-7-3-1-4-8-12)15(18)16-13-9-5-2-6-10-13/h1,3-4,7-8,11,13,17H,2,5-6,9-10H2,(H,16,18)/b14-11+. The molecule has 1 fully saturated rings. The maximum atomic E-state index is 12.1. The number of benzene rings is 1. The van der Waals surface area contributed by atoms with Crippen molar-refractivity contribution in [2.24, 2.45) is 0 Å². The Balaban J connectivity index is 2.02. The minimum Gasteiger partial charge on any atom is -0.515 e. The molecule has 1 saturated carbocycles. The Hall–Kier alpha value is -1.77. The Morgan fingerprint density at radius 1 is 1.17 bits per heavy atom. The second-order valence-electron chi connectivity index (χ2n) is 4.72. The molecular formula is C15H19NO2. The number of carbonyl (C=O) groups is 1. The highest BCUT2D eigenvalue weighted by Gasteiger charge is 2.18. The summed E-state index contributed by atoms with van der Waals surface area (Å²) in [5, 5.41) is 12.3. The molecule has 2 N–H and O–H groups in total. The van der Waals surface area contributed by atoms with E-state index in [0.717, 1.165) is 24.7 Å². The second-order valence-corrected chi connectivity index (χ2v) is 4.72. The van der Waals surface area contributed by atoms with Gasteiger partial charge in [0.05, 0.1) is 11.8 Å². The Morgan fingerprint density at radius 2 is 1.83 bits per heavy atom. The van der Waals surface area contributed by atoms with Crippen molar-refractivity contribution in [1.29, 1.82) is 0 Å². The number of nitrogens with one attached hydrogen (secondary N) is 1. The molecule has 0 heterocycles. The van der Waals surface area contributed by atoms with Gasteiger partial charge >= 0.3 is 0 Å². The molecule has 0 bridgehead atoms. The normalized spacial score (nSPS) is 17.4. The lowest BCUT2D eigenvalue weighted by atomic mass is 9.95. The molecule has 0 atom stereocenters. The van der Waals surface area contributed by atoms with Crippen LogP contribution in [-0.4, -0.2) is 17.1 Å². The van der Waals surface area contributed by atoms with Crippen LogP contribution in [0.2, 0.25) is 0 Å². The van der Waals surface area contributed by atoms with Gasteiger partial charge in [0.25, 0.3) is 5.91 Å². The first kappa shape index (κ1) is 12.7. The molecule has 1 amide bonds. The van der Waals surface area contributed by atoms with Crippen molar-refractivity contribution < 1.29 is 9.90 Å². The summed E-state index contributed by atoms with van der Waals surface area (Å²) in [6.45, 7) is 0. The first-order chi connectivity index (χ1) is 8.81. The van der Waals surface area contributed by atoms with Crippen LogP contribution in [0.25, 0.3) is 5.57 Å². The number of amides is 1. The Morgan fingerprint density at radius 3 is 2.44 bits per heavy atom. The summed E-state index contributed by atoms with van der Waals surface area (Å²) in [6, 6.07) is 9.49. The minimum atomic E-state index is -0.185. The predicted molar refractivity (Wildman–Crippen MR) is 72.1 cm³/mol. The van der Waals surface area contributed by atoms with Gasteiger partial charge in [-0.2, -0.15) is 0 Å². The van der Waals surface area contributed by atoms with Crippen LogP contribution in [0.5, 0.6) is 0 Å². The zero-order valence-electron chi connectivity index (χ0n) is 10.4. The minimum absolute atomic E-state index is 0.185. The average Bonchev–Trinajstić information content (AvgIpc) is 2.42. The molecule has 3 heteroatoms. The third kappa shape index (κ3) is 3.13. The van der Waals surface area contributed by atoms with Gasteiger partial charge in [0, 0.05) is 6.04 Å². The summed E-state index contributed by atoms with van der Waals surface area (Å²) in [7, 11) is 0. The molecule has 0 aromatic heterocycles. The quantitative estimate of drug-likeness (QED) is 0.635. The third-order valence-electron chi connectivity index (χ3n) is 3.40. The number of aliphatic hydroxyl groups is 1. The Labute approximate surface area is 108 Å². The van der Waals surface area contributed by atoms with Crippen LogP contribution in [0.15, 0.2) is 36.6 Å². The van der Waals surface area contributed by atoms with Gasteiger partial charge in [-0.3, -0.25) is 4.79 Å². The van der Waals surface area contributed by atoms with Crippen LogP contribution < -0.4 is 5.32 Å². The van der Waals surface area contributed by atoms with Crippen LogP contribution in [0, 0.1) is 0 Å². The van der Waals surface area contributed by atoms with Crippen molar-refractivity contribution in [3.05, 3.63) is 42.2 Å². The summed E-state index contributed by atoms with van der Waals surface area (Å²) in [5.41, 5.74) is 1.08. The number of hydrogen-bond acceptors (Lipinski definition) is 2. The number of aliphatic hydroxyl groups excluding tert-OH is 1. The van der Waals surface area contributed by atoms with Gasteiger partial charge < -0.3 is 10.4 Å². The monoisotopic (exact) mass is 245 g/mol. The van der Waals surface area contributed by atoms with Crippen molar-refractivity contribution >= 4 is 11.5 Å². The first-order valence-corrected chi connectivity index (χ1v) is 6.52. The van der Waals surface area contributed by atoms with E-state index >= 15 is 0 Å². The average molecular weight is 245 g/mol. The van der Waals surface area contributed by atoms with Crippen LogP contribution in [0.4, 0.5) is 0 Å². The van der Waals surface area contributed by atoms with E-state index in [1.807, 2.05) is 30.3 Å². The molecule has 1 aliphatic carbocycles. The molecule has 3 nitrogen and oxygen atoms in total. The van der Waals surface area contributed by atoms with Gasteiger partial charge in [-0.1, -0.05) is 49.6 Å². The summed E-state index contributed by atoms with van der Waals surface area (Å²) in [5.74, 6) is -0.185. The molecule has 0 radical (unpaired) electrons. The fourth-order valence-corrected chi connectivity index (χ4v) is 2.39. The van der Waals surface area contributed by atoms with E-state index < -0.39 is 0 Å². The first-order valence-electron chi connectivity index (χ1n) is 6.52. The van der Waals surface area contributed by atoms with E-state index in [4.69, 9.17) is 0 Å². The van der Waals surface area contributed by atoms with Crippen molar-refractivity contribution in [2.45, 2.75) is 38.1 Å². The van der Waals surface area contributed by atoms with Crippen LogP contribution in [-0.2, 0) is 4.79 Å². The fraction of sp³-hybridized carbons (Fsp3) is 0.400. The Kier molecular flexibility index (Phi) is 4.40. The topological polar surface area (TPSA) is 49.3 Å². The fourth-order valence-electron chi connectivity index (χ4n) is 2.39. The second kappa shape index (κ2) is 6.24. The lowest BCUT2D eigenvalue weighted by Crippen LogP contribution is -2.36. The highest BCUT2D eigenvalue weighted by atomic mass is 16.2. The molecule has 2 rings (SSSR count). The molecular weight excluding hydrogens is 226 g/mol. The van der Waals surface area contributed by atoms with E-state index in [-0.39, 0.29) is 11.9 Å². The van der Waals surface area contributed by atoms with Crippen molar-refractivity contribution in [3.8, 4) is 0 Å². The smallest absolute Gasteiger partial charge is 0.255 e. The summed E-state index contributed by atoms with van der Waals surface area (Å²) >= 11 is 0. The third-order valence-corrected chi connectivity index (χ3v) is 3.40. The van der Waals surface area contributed by atoms with Crippen LogP contribution in [0.1, 0.15) is 37.7 Å². The van der Waals surface area contributed by atoms with Gasteiger partial charge in [-0.15, -0.1) is 0 Å². The number of carbonyl (C=O) groups excluding carboxylic acids is 1. The lowest BCUT2D eigenvalue weighted by molar-refractivity contribution is -0.116. The molecule has 0 aliphatic heterocycles. The molecule has 96 valence electrons. The Bertz CT molecular complexity index is 419. The van der Waals surface area contributed by atoms with Gasteiger partial charge in [0.1, 0.15) is 0 Å². The van der Waals surface area contributed by atoms with E-state index in [1.165, 1.54) is 19.3 Å². The maximum Gasteiger partial charge on any atom is 0.255 e. The van der Waals surface area contributed by atoms with E-state index in [1.54, 1.807) is 0 Å². The largest absolute Gasteiger partial charge is 0.515 e. The molecule has 1 aliphatic rings. The summed E-state index contributed by atoms with van der Waals surface area (Å²) in [6.07, 6.45) is 6.59. The predicted octanol–water partition coefficient (Wildman–Crippen LogP) is 3.03. The van der Waals surface area contributed by atoms with Crippen LogP contribution in [0.3, 0.4) is 0 Å². The van der Waals surface area contributed by atoms with E-state index in [9.17, 15) is 9.90 Å². The highest BCUT2D eigenvalue weighted by Crippen LogP contribution is 2.19. The highest BCUT2D eigenvalue weighted by molar-refractivity contribution is 6.19. The van der Waals surface area contributed by atoms with Crippen molar-refractivity contribution in [1.82, 2.24) is 5.32 Å². The molecule has 1 aromatic rings. The molecule has 0 unspecified atom stereocenters. The van der Waals surface area contributed by atoms with Crippen LogP contribution >= 0.6 is 0 Å². The number of rotatable bonds is 3. The van der Waals surface area contributed by atoms with E-state index in [0.29, 0.717) is 5.57 Å². The molecule has 0 saturated heterocycles. The molecule has 18 heavy (non-hydrogen) atoms. The van der Waals surface area contributed by atoms with Gasteiger partial charge in [-0.05, 0) is 18.4 Å². The van der Waals surface area contributed by atoms with Crippen molar-refractivity contribution in [2.75, 3.05) is 0 Å². The zero-order valence-corrected chi connectivity index (χ0v) is 10.4. The SMILES string of the molecule is O=C(NC1CCCCC1)/C(=C/O)c1ccccc1. The van der Waals surface area contributed by atoms with E-state index in [2.05, 4.69) is 5.32 Å². The molecule has 1 aromatic carbocycles. The lowest BCUT2D eigenvalue weighted by Gasteiger charge is -2.23. The summed E-state index contributed by atoms with van der Waals surface area (Å²) < 4.78 is 0. The van der Waals surface area contributed by atoms with Gasteiger partial charge in [0.15, 0.2) is 0 Å². The summed E-state index contributed by atoms with van der Waals surface area (Å²) in [4.78, 5) is 12.1. The molecule has 0 spiro atoms. The zero-order chi connectivity index (χ0) is 12.8. The van der Waals surface area contributed by atoms with Crippen molar-refractivity contribution in [3.63, 3.8) is 0 Å². The number of hydrogen-bond donors (Lipinski definition) is 2. The van der Waals surface area contributed by atoms with Gasteiger partial charge in [-0.25, -0.2) is 0 Å².